The zero-order chi connectivity index (χ0) is 17.2. The van der Waals surface area contributed by atoms with Crippen LogP contribution in [0, 0.1) is 17.8 Å². The molecule has 0 atom stereocenters. The summed E-state index contributed by atoms with van der Waals surface area (Å²) in [6.45, 7) is 2.31. The van der Waals surface area contributed by atoms with Crippen LogP contribution in [-0.2, 0) is 6.18 Å². The van der Waals surface area contributed by atoms with Crippen molar-refractivity contribution in [2.45, 2.75) is 76.8 Å². The predicted octanol–water partition coefficient (Wildman–Crippen LogP) is 7.20. The molecule has 0 amide bonds. The lowest BCUT2D eigenvalue weighted by molar-refractivity contribution is -0.137. The van der Waals surface area contributed by atoms with Crippen LogP contribution in [0.5, 0.6) is 0 Å². The monoisotopic (exact) mass is 338 g/mol. The second-order valence-electron chi connectivity index (χ2n) is 7.92. The van der Waals surface area contributed by atoms with Gasteiger partial charge in [0, 0.05) is 0 Å². The van der Waals surface area contributed by atoms with E-state index >= 15 is 0 Å². The Labute approximate surface area is 143 Å². The van der Waals surface area contributed by atoms with E-state index in [1.165, 1.54) is 57.1 Å². The van der Waals surface area contributed by atoms with E-state index in [9.17, 15) is 13.2 Å². The average molecular weight is 338 g/mol. The molecule has 3 rings (SSSR count). The summed E-state index contributed by atoms with van der Waals surface area (Å²) >= 11 is 0. The van der Waals surface area contributed by atoms with Gasteiger partial charge in [-0.25, -0.2) is 0 Å². The van der Waals surface area contributed by atoms with Gasteiger partial charge in [0.05, 0.1) is 5.56 Å². The van der Waals surface area contributed by atoms with Gasteiger partial charge in [0.2, 0.25) is 0 Å². The minimum atomic E-state index is -4.23. The van der Waals surface area contributed by atoms with Crippen molar-refractivity contribution in [1.29, 1.82) is 0 Å². The molecule has 0 aliphatic heterocycles. The molecule has 0 radical (unpaired) electrons. The minimum Gasteiger partial charge on any atom is -0.166 e. The Morgan fingerprint density at radius 2 is 1.29 bits per heavy atom. The number of hydrogen-bond donors (Lipinski definition) is 0. The van der Waals surface area contributed by atoms with Crippen molar-refractivity contribution >= 4 is 0 Å². The van der Waals surface area contributed by atoms with Crippen LogP contribution in [-0.4, -0.2) is 0 Å². The van der Waals surface area contributed by atoms with Gasteiger partial charge in [-0.1, -0.05) is 38.3 Å². The van der Waals surface area contributed by atoms with Crippen LogP contribution in [0.15, 0.2) is 24.3 Å². The van der Waals surface area contributed by atoms with Crippen LogP contribution < -0.4 is 0 Å². The van der Waals surface area contributed by atoms with Crippen molar-refractivity contribution in [3.8, 4) is 0 Å². The normalized spacial score (nSPS) is 31.8. The minimum absolute atomic E-state index is 0.454. The second-order valence-corrected chi connectivity index (χ2v) is 7.92. The summed E-state index contributed by atoms with van der Waals surface area (Å²) in [7, 11) is 0. The maximum Gasteiger partial charge on any atom is 0.416 e. The molecule has 2 aliphatic rings. The lowest BCUT2D eigenvalue weighted by atomic mass is 9.68. The van der Waals surface area contributed by atoms with Crippen LogP contribution in [0.3, 0.4) is 0 Å². The Kier molecular flexibility index (Phi) is 5.56. The van der Waals surface area contributed by atoms with Crippen LogP contribution in [0.25, 0.3) is 0 Å². The summed E-state index contributed by atoms with van der Waals surface area (Å²) in [6, 6.07) is 5.88. The molecule has 1 aromatic carbocycles. The van der Waals surface area contributed by atoms with E-state index in [0.29, 0.717) is 5.92 Å². The summed E-state index contributed by atoms with van der Waals surface area (Å²) in [5.41, 5.74) is 0.559. The summed E-state index contributed by atoms with van der Waals surface area (Å²) in [5, 5.41) is 0. The van der Waals surface area contributed by atoms with Crippen LogP contribution in [0.4, 0.5) is 13.2 Å². The maximum atomic E-state index is 12.7. The highest BCUT2D eigenvalue weighted by atomic mass is 19.4. The summed E-state index contributed by atoms with van der Waals surface area (Å²) in [5.74, 6) is 3.16. The van der Waals surface area contributed by atoms with Crippen LogP contribution in [0.1, 0.15) is 81.8 Å². The zero-order valence-corrected chi connectivity index (χ0v) is 14.6. The Hall–Kier alpha value is -0.990. The molecule has 0 N–H and O–H groups in total. The molecule has 24 heavy (non-hydrogen) atoms. The van der Waals surface area contributed by atoms with Gasteiger partial charge in [-0.15, -0.1) is 0 Å². The van der Waals surface area contributed by atoms with Gasteiger partial charge in [0.15, 0.2) is 0 Å². The topological polar surface area (TPSA) is 0 Å². The molecule has 1 aromatic rings. The molecule has 3 heteroatoms. The number of halogens is 3. The molecule has 0 bridgehead atoms. The number of benzene rings is 1. The molecule has 0 nitrogen and oxygen atoms in total. The van der Waals surface area contributed by atoms with E-state index in [1.54, 1.807) is 12.1 Å². The van der Waals surface area contributed by atoms with Crippen molar-refractivity contribution in [2.75, 3.05) is 0 Å². The standard InChI is InChI=1S/C21H29F3/c1-2-15-3-5-16(6-4-15)17-7-9-18(10-8-17)19-11-13-20(14-12-19)21(22,23)24/h11-18H,2-10H2,1H3/t15-,16-,17-,18-. The SMILES string of the molecule is CC[C@H]1CC[C@H]([C@H]2CC[C@H](c3ccc(C(F)(F)F)cc3)CC2)CC1. The molecule has 0 saturated heterocycles. The first-order chi connectivity index (χ1) is 11.5. The zero-order valence-electron chi connectivity index (χ0n) is 14.6. The Morgan fingerprint density at radius 1 is 0.792 bits per heavy atom. The molecule has 0 heterocycles. The quantitative estimate of drug-likeness (QED) is 0.547. The van der Waals surface area contributed by atoms with Crippen molar-refractivity contribution in [3.05, 3.63) is 35.4 Å². The second kappa shape index (κ2) is 7.49. The molecule has 2 saturated carbocycles. The van der Waals surface area contributed by atoms with E-state index in [-0.39, 0.29) is 0 Å². The van der Waals surface area contributed by atoms with E-state index in [0.717, 1.165) is 36.2 Å². The van der Waals surface area contributed by atoms with E-state index in [4.69, 9.17) is 0 Å². The molecule has 2 aliphatic carbocycles. The van der Waals surface area contributed by atoms with Crippen molar-refractivity contribution in [2.24, 2.45) is 17.8 Å². The predicted molar refractivity (Wildman–Crippen MR) is 91.9 cm³/mol. The van der Waals surface area contributed by atoms with Crippen molar-refractivity contribution in [3.63, 3.8) is 0 Å². The van der Waals surface area contributed by atoms with Gasteiger partial charge in [0.1, 0.15) is 0 Å². The highest BCUT2D eigenvalue weighted by molar-refractivity contribution is 5.27. The number of alkyl halides is 3. The van der Waals surface area contributed by atoms with Gasteiger partial charge in [0.25, 0.3) is 0 Å². The lowest BCUT2D eigenvalue weighted by Crippen LogP contribution is -2.25. The summed E-state index contributed by atoms with van der Waals surface area (Å²) in [4.78, 5) is 0. The first-order valence-electron chi connectivity index (χ1n) is 9.64. The third-order valence-electron chi connectivity index (χ3n) is 6.62. The molecule has 2 fully saturated rings. The third-order valence-corrected chi connectivity index (χ3v) is 6.62. The average Bonchev–Trinajstić information content (AvgIpc) is 2.61. The van der Waals surface area contributed by atoms with Crippen LogP contribution in [0.2, 0.25) is 0 Å². The fraction of sp³-hybridized carbons (Fsp3) is 0.714. The highest BCUT2D eigenvalue weighted by Crippen LogP contribution is 2.44. The van der Waals surface area contributed by atoms with E-state index in [2.05, 4.69) is 6.92 Å². The molecule has 0 unspecified atom stereocenters. The van der Waals surface area contributed by atoms with Crippen LogP contribution >= 0.6 is 0 Å². The number of hydrogen-bond acceptors (Lipinski definition) is 0. The van der Waals surface area contributed by atoms with Crippen molar-refractivity contribution in [1.82, 2.24) is 0 Å². The fourth-order valence-corrected chi connectivity index (χ4v) is 4.94. The first-order valence-corrected chi connectivity index (χ1v) is 9.64. The molecule has 134 valence electrons. The van der Waals surface area contributed by atoms with Gasteiger partial charge >= 0.3 is 6.18 Å². The maximum absolute atomic E-state index is 12.7. The van der Waals surface area contributed by atoms with E-state index in [1.807, 2.05) is 0 Å². The first kappa shape index (κ1) is 17.8. The third kappa shape index (κ3) is 4.15. The van der Waals surface area contributed by atoms with Gasteiger partial charge in [-0.05, 0) is 79.9 Å². The largest absolute Gasteiger partial charge is 0.416 e. The Balaban J connectivity index is 1.52. The molecular formula is C21H29F3. The highest BCUT2D eigenvalue weighted by Gasteiger charge is 2.32. The Morgan fingerprint density at radius 3 is 1.75 bits per heavy atom. The molecular weight excluding hydrogens is 309 g/mol. The summed E-state index contributed by atoms with van der Waals surface area (Å²) in [6.07, 6.45) is 7.50. The smallest absolute Gasteiger partial charge is 0.166 e. The Bertz CT molecular complexity index is 501. The van der Waals surface area contributed by atoms with Gasteiger partial charge in [-0.3, -0.25) is 0 Å². The molecule has 0 spiro atoms. The fourth-order valence-electron chi connectivity index (χ4n) is 4.94. The van der Waals surface area contributed by atoms with Gasteiger partial charge < -0.3 is 0 Å². The summed E-state index contributed by atoms with van der Waals surface area (Å²) < 4.78 is 38.0. The van der Waals surface area contributed by atoms with E-state index < -0.39 is 11.7 Å². The number of rotatable bonds is 3. The lowest BCUT2D eigenvalue weighted by Gasteiger charge is -2.38. The van der Waals surface area contributed by atoms with Crippen molar-refractivity contribution < 1.29 is 13.2 Å². The van der Waals surface area contributed by atoms with Gasteiger partial charge in [-0.2, -0.15) is 13.2 Å². The molecule has 0 aromatic heterocycles.